The van der Waals surface area contributed by atoms with E-state index in [9.17, 15) is 9.59 Å². The third kappa shape index (κ3) is 1.62. The number of pyridine rings is 1. The van der Waals surface area contributed by atoms with Gasteiger partial charge in [-0.3, -0.25) is 9.59 Å². The molecule has 0 radical (unpaired) electrons. The summed E-state index contributed by atoms with van der Waals surface area (Å²) >= 11 is 0. The number of ketones is 1. The maximum absolute atomic E-state index is 12.8. The number of aromatic nitrogens is 1. The van der Waals surface area contributed by atoms with Gasteiger partial charge in [0.15, 0.2) is 6.61 Å². The number of carbonyl (C=O) groups is 1. The maximum atomic E-state index is 12.8. The maximum Gasteiger partial charge on any atom is 0.265 e. The van der Waals surface area contributed by atoms with Crippen LogP contribution in [0, 0.1) is 0 Å². The topological polar surface area (TPSA) is 48.3 Å². The van der Waals surface area contributed by atoms with Crippen LogP contribution < -0.4 is 10.3 Å². The van der Waals surface area contributed by atoms with Gasteiger partial charge in [-0.2, -0.15) is 0 Å². The van der Waals surface area contributed by atoms with Crippen molar-refractivity contribution in [3.05, 3.63) is 70.5 Å². The fraction of sp³-hybridized carbons (Fsp3) is 0.0588. The fourth-order valence-corrected chi connectivity index (χ4v) is 2.75. The normalized spacial score (nSPS) is 13.2. The van der Waals surface area contributed by atoms with Crippen molar-refractivity contribution in [2.45, 2.75) is 0 Å². The Balaban J connectivity index is 2.21. The van der Waals surface area contributed by atoms with Crippen LogP contribution in [0.2, 0.25) is 0 Å². The number of carbonyl (C=O) groups excluding carboxylic acids is 1. The van der Waals surface area contributed by atoms with E-state index < -0.39 is 0 Å². The predicted octanol–water partition coefficient (Wildman–Crippen LogP) is 2.57. The third-order valence-corrected chi connectivity index (χ3v) is 3.68. The molecule has 21 heavy (non-hydrogen) atoms. The Kier molecular flexibility index (Phi) is 2.44. The molecule has 3 aromatic rings. The van der Waals surface area contributed by atoms with Crippen LogP contribution in [0.4, 0.5) is 0 Å². The molecule has 0 unspecified atom stereocenters. The highest BCUT2D eigenvalue weighted by Crippen LogP contribution is 2.32. The number of Topliss-reactive ketones (excluding diaryl/α,β-unsaturated/α-hetero) is 1. The van der Waals surface area contributed by atoms with Crippen molar-refractivity contribution in [2.75, 3.05) is 6.61 Å². The first kappa shape index (κ1) is 11.9. The van der Waals surface area contributed by atoms with Crippen LogP contribution in [-0.4, -0.2) is 17.0 Å². The molecule has 1 aromatic heterocycles. The molecule has 0 amide bonds. The molecule has 0 spiro atoms. The monoisotopic (exact) mass is 277 g/mol. The molecule has 4 rings (SSSR count). The van der Waals surface area contributed by atoms with Crippen LogP contribution in [0.1, 0.15) is 10.4 Å². The quantitative estimate of drug-likeness (QED) is 0.687. The SMILES string of the molecule is O=C1COc2c1c1ccccc1c(=O)n2-c1ccccc1. The highest BCUT2D eigenvalue weighted by Gasteiger charge is 2.29. The Hall–Kier alpha value is -2.88. The van der Waals surface area contributed by atoms with Gasteiger partial charge in [-0.05, 0) is 18.2 Å². The Bertz CT molecular complexity index is 926. The van der Waals surface area contributed by atoms with Crippen LogP contribution in [0.5, 0.6) is 5.88 Å². The molecular formula is C17H11NO3. The number of para-hydroxylation sites is 1. The van der Waals surface area contributed by atoms with Crippen LogP contribution in [-0.2, 0) is 0 Å². The molecule has 1 aliphatic rings. The molecule has 0 bridgehead atoms. The van der Waals surface area contributed by atoms with E-state index in [2.05, 4.69) is 0 Å². The van der Waals surface area contributed by atoms with Gasteiger partial charge >= 0.3 is 0 Å². The minimum atomic E-state index is -0.176. The van der Waals surface area contributed by atoms with Crippen LogP contribution in [0.3, 0.4) is 0 Å². The molecule has 0 atom stereocenters. The van der Waals surface area contributed by atoms with Gasteiger partial charge in [-0.15, -0.1) is 0 Å². The molecule has 0 N–H and O–H groups in total. The van der Waals surface area contributed by atoms with E-state index in [0.29, 0.717) is 27.9 Å². The fourth-order valence-electron chi connectivity index (χ4n) is 2.75. The largest absolute Gasteiger partial charge is 0.470 e. The molecule has 0 fully saturated rings. The number of ether oxygens (including phenoxy) is 1. The zero-order valence-electron chi connectivity index (χ0n) is 11.1. The molecule has 1 aliphatic heterocycles. The van der Waals surface area contributed by atoms with Crippen molar-refractivity contribution < 1.29 is 9.53 Å². The van der Waals surface area contributed by atoms with Crippen molar-refractivity contribution in [1.82, 2.24) is 4.57 Å². The van der Waals surface area contributed by atoms with Crippen molar-refractivity contribution in [3.63, 3.8) is 0 Å². The number of rotatable bonds is 1. The minimum Gasteiger partial charge on any atom is -0.470 e. The van der Waals surface area contributed by atoms with E-state index in [1.165, 1.54) is 4.57 Å². The van der Waals surface area contributed by atoms with Crippen LogP contribution >= 0.6 is 0 Å². The molecule has 0 saturated heterocycles. The highest BCUT2D eigenvalue weighted by molar-refractivity contribution is 6.12. The molecule has 2 aromatic carbocycles. The second-order valence-corrected chi connectivity index (χ2v) is 4.91. The predicted molar refractivity (Wildman–Crippen MR) is 79.4 cm³/mol. The summed E-state index contributed by atoms with van der Waals surface area (Å²) in [5.41, 5.74) is 1.01. The van der Waals surface area contributed by atoms with Gasteiger partial charge in [0.05, 0.1) is 11.3 Å². The number of nitrogens with zero attached hydrogens (tertiary/aromatic N) is 1. The number of fused-ring (bicyclic) bond motifs is 3. The molecule has 2 heterocycles. The molecule has 4 nitrogen and oxygen atoms in total. The number of hydrogen-bond donors (Lipinski definition) is 0. The van der Waals surface area contributed by atoms with Gasteiger partial charge < -0.3 is 4.74 Å². The van der Waals surface area contributed by atoms with Crippen molar-refractivity contribution >= 4 is 16.6 Å². The first-order valence-corrected chi connectivity index (χ1v) is 6.66. The van der Waals surface area contributed by atoms with Crippen LogP contribution in [0.25, 0.3) is 16.5 Å². The molecule has 102 valence electrons. The summed E-state index contributed by atoms with van der Waals surface area (Å²) in [6.07, 6.45) is 0. The van der Waals surface area contributed by atoms with Crippen molar-refractivity contribution in [2.24, 2.45) is 0 Å². The minimum absolute atomic E-state index is 0.0182. The van der Waals surface area contributed by atoms with Crippen LogP contribution in [0.15, 0.2) is 59.4 Å². The van der Waals surface area contributed by atoms with E-state index in [1.54, 1.807) is 18.2 Å². The summed E-state index contributed by atoms with van der Waals surface area (Å²) < 4.78 is 6.97. The highest BCUT2D eigenvalue weighted by atomic mass is 16.5. The lowest BCUT2D eigenvalue weighted by Gasteiger charge is -2.12. The Morgan fingerprint density at radius 2 is 1.52 bits per heavy atom. The van der Waals surface area contributed by atoms with E-state index >= 15 is 0 Å². The average molecular weight is 277 g/mol. The lowest BCUT2D eigenvalue weighted by atomic mass is 10.0. The average Bonchev–Trinajstić information content (AvgIpc) is 2.91. The summed E-state index contributed by atoms with van der Waals surface area (Å²) in [6.45, 7) is -0.0182. The first-order chi connectivity index (χ1) is 10.3. The van der Waals surface area contributed by atoms with E-state index in [1.807, 2.05) is 36.4 Å². The van der Waals surface area contributed by atoms with Gasteiger partial charge in [0.2, 0.25) is 11.7 Å². The van der Waals surface area contributed by atoms with E-state index in [0.717, 1.165) is 0 Å². The number of benzene rings is 2. The first-order valence-electron chi connectivity index (χ1n) is 6.66. The molecule has 0 aliphatic carbocycles. The standard InChI is InChI=1S/C17H11NO3/c19-14-10-21-17-15(14)12-8-4-5-9-13(12)16(20)18(17)11-6-2-1-3-7-11/h1-9H,10H2. The van der Waals surface area contributed by atoms with Crippen molar-refractivity contribution in [3.8, 4) is 11.6 Å². The summed E-state index contributed by atoms with van der Waals surface area (Å²) in [5, 5.41) is 1.19. The second kappa shape index (κ2) is 4.31. The molecular weight excluding hydrogens is 266 g/mol. The summed E-state index contributed by atoms with van der Waals surface area (Å²) in [7, 11) is 0. The summed E-state index contributed by atoms with van der Waals surface area (Å²) in [5.74, 6) is 0.251. The Morgan fingerprint density at radius 3 is 2.29 bits per heavy atom. The van der Waals surface area contributed by atoms with Gasteiger partial charge in [0.1, 0.15) is 0 Å². The van der Waals surface area contributed by atoms with Gasteiger partial charge in [-0.1, -0.05) is 36.4 Å². The van der Waals surface area contributed by atoms with Gasteiger partial charge in [0, 0.05) is 10.8 Å². The van der Waals surface area contributed by atoms with E-state index in [-0.39, 0.29) is 17.9 Å². The lowest BCUT2D eigenvalue weighted by molar-refractivity contribution is 0.0961. The van der Waals surface area contributed by atoms with Gasteiger partial charge in [-0.25, -0.2) is 4.57 Å². The molecule has 4 heteroatoms. The smallest absolute Gasteiger partial charge is 0.265 e. The number of hydrogen-bond acceptors (Lipinski definition) is 3. The van der Waals surface area contributed by atoms with Crippen molar-refractivity contribution in [1.29, 1.82) is 0 Å². The summed E-state index contributed by atoms with van der Waals surface area (Å²) in [4.78, 5) is 24.9. The summed E-state index contributed by atoms with van der Waals surface area (Å²) in [6, 6.07) is 16.4. The zero-order chi connectivity index (χ0) is 14.4. The lowest BCUT2D eigenvalue weighted by Crippen LogP contribution is -2.20. The van der Waals surface area contributed by atoms with Gasteiger partial charge in [0.25, 0.3) is 5.56 Å². The third-order valence-electron chi connectivity index (χ3n) is 3.68. The molecule has 0 saturated carbocycles. The Labute approximate surface area is 120 Å². The van der Waals surface area contributed by atoms with E-state index in [4.69, 9.17) is 4.74 Å². The zero-order valence-corrected chi connectivity index (χ0v) is 11.1. The second-order valence-electron chi connectivity index (χ2n) is 4.91. The Morgan fingerprint density at radius 1 is 0.857 bits per heavy atom.